The molecule has 0 bridgehead atoms. The zero-order valence-corrected chi connectivity index (χ0v) is 16.3. The Labute approximate surface area is 164 Å². The second kappa shape index (κ2) is 10.8. The molecule has 0 aromatic heterocycles. The highest BCUT2D eigenvalue weighted by atomic mass is 16.5. The third-order valence-electron chi connectivity index (χ3n) is 3.90. The van der Waals surface area contributed by atoms with Crippen LogP contribution in [0.25, 0.3) is 0 Å². The Morgan fingerprint density at radius 3 is 2.32 bits per heavy atom. The molecule has 1 atom stereocenters. The lowest BCUT2D eigenvalue weighted by Crippen LogP contribution is -2.30. The van der Waals surface area contributed by atoms with Crippen molar-refractivity contribution >= 4 is 17.6 Å². The van der Waals surface area contributed by atoms with Gasteiger partial charge in [0.2, 0.25) is 0 Å². The van der Waals surface area contributed by atoms with Crippen molar-refractivity contribution in [2.24, 2.45) is 0 Å². The van der Waals surface area contributed by atoms with E-state index in [4.69, 9.17) is 18.9 Å². The summed E-state index contributed by atoms with van der Waals surface area (Å²) in [6.07, 6.45) is -0.284. The predicted molar refractivity (Wildman–Crippen MR) is 105 cm³/mol. The molecule has 0 saturated heterocycles. The zero-order valence-electron chi connectivity index (χ0n) is 16.3. The first-order chi connectivity index (χ1) is 13.5. The smallest absolute Gasteiger partial charge is 0.306 e. The molecular weight excluding hydrogens is 362 g/mol. The maximum absolute atomic E-state index is 12.2. The van der Waals surface area contributed by atoms with Crippen molar-refractivity contribution in [1.82, 2.24) is 0 Å². The number of carbonyl (C=O) groups excluding carboxylic acids is 2. The Hall–Kier alpha value is -3.22. The highest BCUT2D eigenvalue weighted by molar-refractivity contribution is 5.96. The first-order valence-corrected chi connectivity index (χ1v) is 8.93. The van der Waals surface area contributed by atoms with Crippen LogP contribution in [0.15, 0.2) is 48.5 Å². The number of carbonyl (C=O) groups is 2. The van der Waals surface area contributed by atoms with Crippen LogP contribution in [0.4, 0.5) is 5.69 Å². The number of benzene rings is 2. The molecule has 0 aliphatic heterocycles. The number of hydrogen-bond donors (Lipinski definition) is 1. The second-order valence-corrected chi connectivity index (χ2v) is 5.95. The molecule has 150 valence electrons. The van der Waals surface area contributed by atoms with E-state index in [-0.39, 0.29) is 6.42 Å². The van der Waals surface area contributed by atoms with Gasteiger partial charge in [-0.05, 0) is 49.7 Å². The number of ether oxygens (including phenoxy) is 4. The van der Waals surface area contributed by atoms with E-state index in [0.717, 1.165) is 5.75 Å². The third-order valence-corrected chi connectivity index (χ3v) is 3.90. The SMILES string of the molecule is COc1ccc(OCCCC(=O)O[C@@H](C)C(=O)Nc2ccccc2OC)cc1. The topological polar surface area (TPSA) is 83.1 Å². The first-order valence-electron chi connectivity index (χ1n) is 8.93. The van der Waals surface area contributed by atoms with Gasteiger partial charge in [0, 0.05) is 6.42 Å². The highest BCUT2D eigenvalue weighted by Crippen LogP contribution is 2.23. The fourth-order valence-electron chi connectivity index (χ4n) is 2.37. The number of amides is 1. The molecular formula is C21H25NO6. The summed E-state index contributed by atoms with van der Waals surface area (Å²) < 4.78 is 21.0. The normalized spacial score (nSPS) is 11.2. The molecule has 1 N–H and O–H groups in total. The van der Waals surface area contributed by atoms with Gasteiger partial charge < -0.3 is 24.3 Å². The lowest BCUT2D eigenvalue weighted by molar-refractivity contribution is -0.153. The summed E-state index contributed by atoms with van der Waals surface area (Å²) in [7, 11) is 3.11. The number of methoxy groups -OCH3 is 2. The standard InChI is InChI=1S/C21H25NO6/c1-15(21(24)22-18-7-4-5-8-19(18)26-3)28-20(23)9-6-14-27-17-12-10-16(25-2)11-13-17/h4-5,7-8,10-13,15H,6,9,14H2,1-3H3,(H,22,24)/t15-/m0/s1. The average Bonchev–Trinajstić information content (AvgIpc) is 2.72. The van der Waals surface area contributed by atoms with Gasteiger partial charge in [-0.2, -0.15) is 0 Å². The third kappa shape index (κ3) is 6.50. The van der Waals surface area contributed by atoms with Crippen LogP contribution in [0, 0.1) is 0 Å². The maximum Gasteiger partial charge on any atom is 0.306 e. The average molecular weight is 387 g/mol. The molecule has 2 rings (SSSR count). The summed E-state index contributed by atoms with van der Waals surface area (Å²) in [5.74, 6) is 1.09. The molecule has 0 saturated carbocycles. The predicted octanol–water partition coefficient (Wildman–Crippen LogP) is 3.43. The monoisotopic (exact) mass is 387 g/mol. The van der Waals surface area contributed by atoms with Gasteiger partial charge in [0.25, 0.3) is 5.91 Å². The van der Waals surface area contributed by atoms with Crippen LogP contribution in [0.5, 0.6) is 17.2 Å². The minimum absolute atomic E-state index is 0.155. The van der Waals surface area contributed by atoms with Crippen molar-refractivity contribution in [2.45, 2.75) is 25.9 Å². The van der Waals surface area contributed by atoms with E-state index in [1.165, 1.54) is 14.0 Å². The van der Waals surface area contributed by atoms with Gasteiger partial charge in [-0.3, -0.25) is 9.59 Å². The fourth-order valence-corrected chi connectivity index (χ4v) is 2.37. The van der Waals surface area contributed by atoms with Gasteiger partial charge in [0.05, 0.1) is 26.5 Å². The van der Waals surface area contributed by atoms with Gasteiger partial charge in [0.1, 0.15) is 17.2 Å². The number of nitrogens with one attached hydrogen (secondary N) is 1. The Morgan fingerprint density at radius 1 is 0.964 bits per heavy atom. The van der Waals surface area contributed by atoms with Crippen LogP contribution < -0.4 is 19.5 Å². The molecule has 0 aliphatic carbocycles. The van der Waals surface area contributed by atoms with Crippen molar-refractivity contribution in [3.8, 4) is 17.2 Å². The van der Waals surface area contributed by atoms with Gasteiger partial charge in [-0.25, -0.2) is 0 Å². The Balaban J connectivity index is 1.70. The summed E-state index contributed by atoms with van der Waals surface area (Å²) in [5, 5.41) is 2.69. The van der Waals surface area contributed by atoms with Crippen LogP contribution >= 0.6 is 0 Å². The van der Waals surface area contributed by atoms with E-state index < -0.39 is 18.0 Å². The van der Waals surface area contributed by atoms with Gasteiger partial charge in [-0.1, -0.05) is 12.1 Å². The zero-order chi connectivity index (χ0) is 20.4. The molecule has 2 aromatic carbocycles. The maximum atomic E-state index is 12.2. The van der Waals surface area contributed by atoms with Crippen molar-refractivity contribution in [1.29, 1.82) is 0 Å². The Morgan fingerprint density at radius 2 is 1.64 bits per heavy atom. The fraction of sp³-hybridized carbons (Fsp3) is 0.333. The molecule has 7 nitrogen and oxygen atoms in total. The number of esters is 1. The second-order valence-electron chi connectivity index (χ2n) is 5.95. The summed E-state index contributed by atoms with van der Waals surface area (Å²) in [6.45, 7) is 1.89. The van der Waals surface area contributed by atoms with E-state index >= 15 is 0 Å². The van der Waals surface area contributed by atoms with Crippen LogP contribution in [-0.4, -0.2) is 38.8 Å². The van der Waals surface area contributed by atoms with Crippen LogP contribution in [0.1, 0.15) is 19.8 Å². The van der Waals surface area contributed by atoms with Crippen LogP contribution in [0.3, 0.4) is 0 Å². The first kappa shape index (κ1) is 21.1. The van der Waals surface area contributed by atoms with Crippen molar-refractivity contribution in [2.75, 3.05) is 26.1 Å². The van der Waals surface area contributed by atoms with E-state index in [0.29, 0.717) is 30.2 Å². The molecule has 0 aliphatic rings. The van der Waals surface area contributed by atoms with Crippen molar-refractivity contribution in [3.05, 3.63) is 48.5 Å². The molecule has 0 radical (unpaired) electrons. The molecule has 0 fully saturated rings. The molecule has 2 aromatic rings. The molecule has 1 amide bonds. The quantitative estimate of drug-likeness (QED) is 0.497. The lowest BCUT2D eigenvalue weighted by Gasteiger charge is -2.15. The van der Waals surface area contributed by atoms with Gasteiger partial charge >= 0.3 is 5.97 Å². The Bertz CT molecular complexity index is 775. The number of para-hydroxylation sites is 2. The summed E-state index contributed by atoms with van der Waals surface area (Å²) in [4.78, 5) is 24.1. The molecule has 7 heteroatoms. The van der Waals surface area contributed by atoms with Crippen molar-refractivity contribution < 1.29 is 28.5 Å². The van der Waals surface area contributed by atoms with E-state index in [1.807, 2.05) is 0 Å². The van der Waals surface area contributed by atoms with Gasteiger partial charge in [0.15, 0.2) is 6.10 Å². The van der Waals surface area contributed by atoms with Crippen molar-refractivity contribution in [3.63, 3.8) is 0 Å². The number of rotatable bonds is 10. The van der Waals surface area contributed by atoms with Crippen LogP contribution in [-0.2, 0) is 14.3 Å². The minimum atomic E-state index is -0.917. The van der Waals surface area contributed by atoms with Crippen LogP contribution in [0.2, 0.25) is 0 Å². The summed E-state index contributed by atoms with van der Waals surface area (Å²) >= 11 is 0. The molecule has 0 heterocycles. The van der Waals surface area contributed by atoms with E-state index in [1.54, 1.807) is 55.6 Å². The molecule has 0 spiro atoms. The number of anilines is 1. The highest BCUT2D eigenvalue weighted by Gasteiger charge is 2.19. The largest absolute Gasteiger partial charge is 0.497 e. The number of hydrogen-bond acceptors (Lipinski definition) is 6. The molecule has 0 unspecified atom stereocenters. The summed E-state index contributed by atoms with van der Waals surface area (Å²) in [5.41, 5.74) is 0.519. The molecule has 28 heavy (non-hydrogen) atoms. The minimum Gasteiger partial charge on any atom is -0.497 e. The van der Waals surface area contributed by atoms with E-state index in [2.05, 4.69) is 5.32 Å². The Kier molecular flexibility index (Phi) is 8.14. The van der Waals surface area contributed by atoms with E-state index in [9.17, 15) is 9.59 Å². The summed E-state index contributed by atoms with van der Waals surface area (Å²) in [6, 6.07) is 14.2. The van der Waals surface area contributed by atoms with Gasteiger partial charge in [-0.15, -0.1) is 0 Å². The lowest BCUT2D eigenvalue weighted by atomic mass is 10.2.